The third-order valence-electron chi connectivity index (χ3n) is 2.73. The summed E-state index contributed by atoms with van der Waals surface area (Å²) < 4.78 is 8.65. The number of carbonyl (C=O) groups is 2. The molecule has 1 aromatic rings. The second-order valence-electron chi connectivity index (χ2n) is 4.89. The van der Waals surface area contributed by atoms with Gasteiger partial charge in [0.15, 0.2) is 12.4 Å². The van der Waals surface area contributed by atoms with Crippen molar-refractivity contribution >= 4 is 79.5 Å². The van der Waals surface area contributed by atoms with Crippen molar-refractivity contribution in [3.05, 3.63) is 22.8 Å². The van der Waals surface area contributed by atoms with E-state index in [4.69, 9.17) is 4.74 Å². The molecule has 0 heterocycles. The van der Waals surface area contributed by atoms with Gasteiger partial charge in [-0.1, -0.05) is 13.8 Å². The van der Waals surface area contributed by atoms with Crippen LogP contribution in [0.4, 0.5) is 0 Å². The molecule has 0 aliphatic heterocycles. The van der Waals surface area contributed by atoms with Crippen LogP contribution in [-0.4, -0.2) is 24.3 Å². The Kier molecular flexibility index (Phi) is 8.17. The lowest BCUT2D eigenvalue weighted by Crippen LogP contribution is -2.45. The van der Waals surface area contributed by atoms with E-state index in [1.807, 2.05) is 26.0 Å². The lowest BCUT2D eigenvalue weighted by Gasteiger charge is -2.19. The van der Waals surface area contributed by atoms with E-state index in [1.54, 1.807) is 0 Å². The van der Waals surface area contributed by atoms with Gasteiger partial charge in [-0.25, -0.2) is 0 Å². The van der Waals surface area contributed by atoms with Crippen molar-refractivity contribution in [2.75, 3.05) is 6.61 Å². The van der Waals surface area contributed by atoms with Gasteiger partial charge in [0.05, 0.1) is 13.2 Å². The van der Waals surface area contributed by atoms with Gasteiger partial charge in [-0.15, -0.1) is 0 Å². The molecule has 1 rings (SSSR count). The third kappa shape index (κ3) is 6.16. The first-order valence-corrected chi connectivity index (χ1v) is 9.53. The first-order valence-electron chi connectivity index (χ1n) is 6.29. The van der Waals surface area contributed by atoms with Crippen molar-refractivity contribution in [1.29, 1.82) is 0 Å². The molecule has 1 unspecified atom stereocenters. The van der Waals surface area contributed by atoms with Crippen molar-refractivity contribution in [2.24, 2.45) is 5.92 Å². The summed E-state index contributed by atoms with van der Waals surface area (Å²) in [5.41, 5.74) is 0. The predicted octanol–water partition coefficient (Wildman–Crippen LogP) is 3.61. The van der Waals surface area contributed by atoms with Gasteiger partial charge in [-0.2, -0.15) is 0 Å². The molecule has 4 nitrogen and oxygen atoms in total. The molecule has 0 spiro atoms. The minimum Gasteiger partial charge on any atom is -0.482 e. The minimum absolute atomic E-state index is 0.0447. The summed E-state index contributed by atoms with van der Waals surface area (Å²) in [5.74, 6) is 0.437. The van der Waals surface area contributed by atoms with Crippen LogP contribution in [0.15, 0.2) is 12.1 Å². The lowest BCUT2D eigenvalue weighted by molar-refractivity contribution is -0.129. The lowest BCUT2D eigenvalue weighted by atomic mass is 10.0. The van der Waals surface area contributed by atoms with Gasteiger partial charge >= 0.3 is 0 Å². The SMILES string of the molecule is CC(=O)C(NC(=O)COc1c(I)cc(I)cc1I)C(C)C. The van der Waals surface area contributed by atoms with Crippen LogP contribution in [0.5, 0.6) is 5.75 Å². The van der Waals surface area contributed by atoms with Gasteiger partial charge in [-0.3, -0.25) is 9.59 Å². The maximum Gasteiger partial charge on any atom is 0.258 e. The molecule has 21 heavy (non-hydrogen) atoms. The summed E-state index contributed by atoms with van der Waals surface area (Å²) in [6.07, 6.45) is 0. The fourth-order valence-corrected chi connectivity index (χ4v) is 5.65. The molecule has 0 bridgehead atoms. The number of carbonyl (C=O) groups excluding carboxylic acids is 2. The Morgan fingerprint density at radius 2 is 1.71 bits per heavy atom. The largest absolute Gasteiger partial charge is 0.482 e. The maximum atomic E-state index is 11.9. The molecule has 0 aliphatic rings. The van der Waals surface area contributed by atoms with Crippen molar-refractivity contribution < 1.29 is 14.3 Å². The monoisotopic (exact) mass is 627 g/mol. The standard InChI is InChI=1S/C14H16I3NO3/c1-7(2)13(8(3)19)18-12(20)6-21-14-10(16)4-9(15)5-11(14)17/h4-5,7,13H,6H2,1-3H3,(H,18,20). The molecule has 0 saturated heterocycles. The first kappa shape index (κ1) is 19.4. The molecule has 1 amide bonds. The van der Waals surface area contributed by atoms with E-state index < -0.39 is 6.04 Å². The molecular formula is C14H16I3NO3. The molecule has 116 valence electrons. The molecule has 0 saturated carbocycles. The smallest absolute Gasteiger partial charge is 0.258 e. The Bertz CT molecular complexity index is 523. The Morgan fingerprint density at radius 3 is 2.14 bits per heavy atom. The van der Waals surface area contributed by atoms with E-state index in [1.165, 1.54) is 6.92 Å². The average molecular weight is 627 g/mol. The maximum absolute atomic E-state index is 11.9. The van der Waals surface area contributed by atoms with Gasteiger partial charge in [-0.05, 0) is 92.7 Å². The van der Waals surface area contributed by atoms with Gasteiger partial charge in [0, 0.05) is 3.57 Å². The quantitative estimate of drug-likeness (QED) is 0.491. The summed E-state index contributed by atoms with van der Waals surface area (Å²) in [6.45, 7) is 5.19. The number of benzene rings is 1. The number of hydrogen-bond donors (Lipinski definition) is 1. The zero-order chi connectivity index (χ0) is 16.2. The van der Waals surface area contributed by atoms with E-state index in [0.717, 1.165) is 10.7 Å². The van der Waals surface area contributed by atoms with Gasteiger partial charge in [0.1, 0.15) is 5.75 Å². The van der Waals surface area contributed by atoms with Crippen LogP contribution in [0.2, 0.25) is 0 Å². The third-order valence-corrected chi connectivity index (χ3v) is 4.96. The number of ether oxygens (including phenoxy) is 1. The summed E-state index contributed by atoms with van der Waals surface area (Å²) >= 11 is 6.61. The van der Waals surface area contributed by atoms with Crippen molar-refractivity contribution in [2.45, 2.75) is 26.8 Å². The molecule has 0 aromatic heterocycles. The number of halogens is 3. The zero-order valence-electron chi connectivity index (χ0n) is 11.9. The number of Topliss-reactive ketones (excluding diaryl/α,β-unsaturated/α-hetero) is 1. The Morgan fingerprint density at radius 1 is 1.19 bits per heavy atom. The van der Waals surface area contributed by atoms with E-state index >= 15 is 0 Å². The average Bonchev–Trinajstić information content (AvgIpc) is 2.33. The molecule has 1 aromatic carbocycles. The van der Waals surface area contributed by atoms with Gasteiger partial charge < -0.3 is 10.1 Å². The summed E-state index contributed by atoms with van der Waals surface area (Å²) in [4.78, 5) is 23.4. The van der Waals surface area contributed by atoms with Crippen LogP contribution in [0, 0.1) is 16.6 Å². The normalized spacial score (nSPS) is 12.1. The topological polar surface area (TPSA) is 55.4 Å². The second kappa shape index (κ2) is 8.85. The van der Waals surface area contributed by atoms with E-state index in [-0.39, 0.29) is 24.2 Å². The van der Waals surface area contributed by atoms with E-state index in [0.29, 0.717) is 5.75 Å². The van der Waals surface area contributed by atoms with Crippen LogP contribution in [0.1, 0.15) is 20.8 Å². The number of hydrogen-bond acceptors (Lipinski definition) is 3. The number of ketones is 1. The first-order chi connectivity index (χ1) is 9.72. The van der Waals surface area contributed by atoms with Crippen molar-refractivity contribution in [3.8, 4) is 5.75 Å². The summed E-state index contributed by atoms with van der Waals surface area (Å²) in [7, 11) is 0. The zero-order valence-corrected chi connectivity index (χ0v) is 18.3. The van der Waals surface area contributed by atoms with Crippen LogP contribution in [-0.2, 0) is 9.59 Å². The van der Waals surface area contributed by atoms with E-state index in [2.05, 4.69) is 73.1 Å². The number of nitrogens with one attached hydrogen (secondary N) is 1. The highest BCUT2D eigenvalue weighted by Crippen LogP contribution is 2.29. The Labute approximate surface area is 165 Å². The number of amides is 1. The molecule has 1 N–H and O–H groups in total. The van der Waals surface area contributed by atoms with Crippen LogP contribution < -0.4 is 10.1 Å². The van der Waals surface area contributed by atoms with Crippen LogP contribution in [0.25, 0.3) is 0 Å². The Balaban J connectivity index is 2.67. The van der Waals surface area contributed by atoms with Crippen molar-refractivity contribution in [1.82, 2.24) is 5.32 Å². The highest BCUT2D eigenvalue weighted by molar-refractivity contribution is 14.1. The summed E-state index contributed by atoms with van der Waals surface area (Å²) in [5, 5.41) is 2.72. The van der Waals surface area contributed by atoms with Crippen LogP contribution >= 0.6 is 67.8 Å². The fraction of sp³-hybridized carbons (Fsp3) is 0.429. The molecule has 0 aliphatic carbocycles. The highest BCUT2D eigenvalue weighted by Gasteiger charge is 2.21. The Hall–Kier alpha value is 0.350. The predicted molar refractivity (Wildman–Crippen MR) is 108 cm³/mol. The molecule has 0 radical (unpaired) electrons. The summed E-state index contributed by atoms with van der Waals surface area (Å²) in [6, 6.07) is 3.52. The fourth-order valence-electron chi connectivity index (χ4n) is 1.76. The molecule has 7 heteroatoms. The van der Waals surface area contributed by atoms with Gasteiger partial charge in [0.25, 0.3) is 5.91 Å². The molecule has 1 atom stereocenters. The minimum atomic E-state index is -0.462. The van der Waals surface area contributed by atoms with Crippen molar-refractivity contribution in [3.63, 3.8) is 0 Å². The number of rotatable bonds is 6. The van der Waals surface area contributed by atoms with E-state index in [9.17, 15) is 9.59 Å². The highest BCUT2D eigenvalue weighted by atomic mass is 127. The molecule has 0 fully saturated rings. The van der Waals surface area contributed by atoms with Crippen LogP contribution in [0.3, 0.4) is 0 Å². The molecular weight excluding hydrogens is 611 g/mol. The van der Waals surface area contributed by atoms with Gasteiger partial charge in [0.2, 0.25) is 0 Å². The second-order valence-corrected chi connectivity index (χ2v) is 8.46.